The van der Waals surface area contributed by atoms with Crippen LogP contribution in [-0.2, 0) is 41.4 Å². The van der Waals surface area contributed by atoms with Gasteiger partial charge in [0.15, 0.2) is 12.2 Å². The number of aliphatic hydroxyl groups is 2. The second-order valence-electron chi connectivity index (χ2n) is 11.5. The third kappa shape index (κ3) is 15.8. The molecule has 4 atom stereocenters. The van der Waals surface area contributed by atoms with E-state index in [1.807, 2.05) is 52.0 Å². The van der Waals surface area contributed by atoms with E-state index >= 15 is 0 Å². The van der Waals surface area contributed by atoms with Gasteiger partial charge in [-0.1, -0.05) is 24.3 Å². The average molecular weight is 649 g/mol. The van der Waals surface area contributed by atoms with Gasteiger partial charge in [0.05, 0.1) is 26.1 Å². The lowest BCUT2D eigenvalue weighted by molar-refractivity contribution is -0.166. The summed E-state index contributed by atoms with van der Waals surface area (Å²) < 4.78 is 32.8. The number of methoxy groups -OCH3 is 2. The molecular formula is C34H52N2O10. The Hall–Kier alpha value is -3.26. The van der Waals surface area contributed by atoms with Crippen molar-refractivity contribution in [2.24, 2.45) is 0 Å². The number of ether oxygens (including phenoxy) is 6. The lowest BCUT2D eigenvalue weighted by atomic mass is 10.1. The summed E-state index contributed by atoms with van der Waals surface area (Å²) in [5, 5.41) is 27.1. The highest BCUT2D eigenvalue weighted by molar-refractivity contribution is 5.77. The fourth-order valence-corrected chi connectivity index (χ4v) is 4.24. The van der Waals surface area contributed by atoms with E-state index in [9.17, 15) is 19.8 Å². The Morgan fingerprint density at radius 3 is 1.28 bits per heavy atom. The van der Waals surface area contributed by atoms with Crippen molar-refractivity contribution in [1.29, 1.82) is 0 Å². The number of esters is 2. The van der Waals surface area contributed by atoms with E-state index in [1.54, 1.807) is 38.5 Å². The van der Waals surface area contributed by atoms with E-state index in [0.717, 1.165) is 24.0 Å². The SMILES string of the molecule is COCCc1ccc(OCC(OC(=O)CCC(=O)OC(COc2ccc(CCOC)cc2)C(O)NC(C)C)C(O)NC(C)C)cc1. The molecule has 0 aromatic heterocycles. The second-order valence-corrected chi connectivity index (χ2v) is 11.5. The first kappa shape index (κ1) is 38.9. The maximum absolute atomic E-state index is 12.7. The maximum Gasteiger partial charge on any atom is 0.306 e. The van der Waals surface area contributed by atoms with Gasteiger partial charge in [-0.3, -0.25) is 20.2 Å². The van der Waals surface area contributed by atoms with Gasteiger partial charge in [0.2, 0.25) is 0 Å². The van der Waals surface area contributed by atoms with Crippen LogP contribution in [0, 0.1) is 0 Å². The van der Waals surface area contributed by atoms with Crippen LogP contribution in [0.3, 0.4) is 0 Å². The highest BCUT2D eigenvalue weighted by atomic mass is 16.6. The van der Waals surface area contributed by atoms with Gasteiger partial charge in [0.25, 0.3) is 0 Å². The van der Waals surface area contributed by atoms with E-state index in [4.69, 9.17) is 28.4 Å². The molecule has 0 fully saturated rings. The van der Waals surface area contributed by atoms with Crippen molar-refractivity contribution in [3.8, 4) is 11.5 Å². The van der Waals surface area contributed by atoms with Gasteiger partial charge in [0.1, 0.15) is 37.2 Å². The quantitative estimate of drug-likeness (QED) is 0.104. The molecule has 258 valence electrons. The third-order valence-electron chi connectivity index (χ3n) is 6.68. The first-order chi connectivity index (χ1) is 22.0. The molecule has 46 heavy (non-hydrogen) atoms. The predicted molar refractivity (Wildman–Crippen MR) is 173 cm³/mol. The van der Waals surface area contributed by atoms with Gasteiger partial charge in [-0.05, 0) is 75.9 Å². The summed E-state index contributed by atoms with van der Waals surface area (Å²) in [7, 11) is 3.29. The molecule has 12 nitrogen and oxygen atoms in total. The molecule has 12 heteroatoms. The minimum atomic E-state index is -1.20. The number of rotatable bonds is 23. The van der Waals surface area contributed by atoms with Gasteiger partial charge < -0.3 is 38.6 Å². The van der Waals surface area contributed by atoms with Crippen LogP contribution in [0.5, 0.6) is 11.5 Å². The Balaban J connectivity index is 1.94. The lowest BCUT2D eigenvalue weighted by Gasteiger charge is -2.26. The van der Waals surface area contributed by atoms with Gasteiger partial charge in [-0.2, -0.15) is 0 Å². The summed E-state index contributed by atoms with van der Waals surface area (Å²) in [5.41, 5.74) is 2.17. The smallest absolute Gasteiger partial charge is 0.306 e. The second kappa shape index (κ2) is 21.5. The van der Waals surface area contributed by atoms with Gasteiger partial charge in [-0.15, -0.1) is 0 Å². The summed E-state index contributed by atoms with van der Waals surface area (Å²) in [6.07, 6.45) is -3.57. The van der Waals surface area contributed by atoms with Crippen molar-refractivity contribution in [1.82, 2.24) is 10.6 Å². The minimum Gasteiger partial charge on any atom is -0.490 e. The number of benzene rings is 2. The molecular weight excluding hydrogens is 596 g/mol. The molecule has 0 radical (unpaired) electrons. The van der Waals surface area contributed by atoms with Gasteiger partial charge in [-0.25, -0.2) is 0 Å². The number of carbonyl (C=O) groups excluding carboxylic acids is 2. The topological polar surface area (TPSA) is 154 Å². The molecule has 0 saturated carbocycles. The molecule has 2 aromatic carbocycles. The largest absolute Gasteiger partial charge is 0.490 e. The monoisotopic (exact) mass is 648 g/mol. The Labute approximate surface area is 272 Å². The van der Waals surface area contributed by atoms with Crippen molar-refractivity contribution in [2.75, 3.05) is 40.6 Å². The molecule has 4 unspecified atom stereocenters. The van der Waals surface area contributed by atoms with Crippen LogP contribution in [0.1, 0.15) is 51.7 Å². The highest BCUT2D eigenvalue weighted by Gasteiger charge is 2.28. The Kier molecular flexibility index (Phi) is 18.2. The summed E-state index contributed by atoms with van der Waals surface area (Å²) >= 11 is 0. The molecule has 2 rings (SSSR count). The first-order valence-corrected chi connectivity index (χ1v) is 15.7. The number of hydrogen-bond acceptors (Lipinski definition) is 12. The predicted octanol–water partition coefficient (Wildman–Crippen LogP) is 2.76. The van der Waals surface area contributed by atoms with E-state index in [0.29, 0.717) is 24.7 Å². The zero-order chi connectivity index (χ0) is 33.9. The lowest BCUT2D eigenvalue weighted by Crippen LogP contribution is -2.48. The molecule has 0 amide bonds. The highest BCUT2D eigenvalue weighted by Crippen LogP contribution is 2.16. The van der Waals surface area contributed by atoms with Crippen LogP contribution in [0.4, 0.5) is 0 Å². The third-order valence-corrected chi connectivity index (χ3v) is 6.68. The van der Waals surface area contributed by atoms with Crippen molar-refractivity contribution in [3.63, 3.8) is 0 Å². The maximum atomic E-state index is 12.7. The van der Waals surface area contributed by atoms with E-state index in [-0.39, 0.29) is 38.1 Å². The summed E-state index contributed by atoms with van der Waals surface area (Å²) in [6, 6.07) is 14.6. The van der Waals surface area contributed by atoms with Crippen molar-refractivity contribution < 1.29 is 48.2 Å². The summed E-state index contributed by atoms with van der Waals surface area (Å²) in [6.45, 7) is 8.36. The number of aliphatic hydroxyl groups excluding tert-OH is 2. The number of carbonyl (C=O) groups is 2. The Morgan fingerprint density at radius 2 is 0.978 bits per heavy atom. The van der Waals surface area contributed by atoms with Crippen LogP contribution < -0.4 is 20.1 Å². The zero-order valence-electron chi connectivity index (χ0n) is 27.9. The van der Waals surface area contributed by atoms with Crippen LogP contribution in [0.25, 0.3) is 0 Å². The number of nitrogens with one attached hydrogen (secondary N) is 2. The molecule has 0 aliphatic carbocycles. The van der Waals surface area contributed by atoms with E-state index in [2.05, 4.69) is 10.6 Å². The molecule has 0 bridgehead atoms. The molecule has 0 heterocycles. The van der Waals surface area contributed by atoms with Crippen molar-refractivity contribution in [3.05, 3.63) is 59.7 Å². The van der Waals surface area contributed by atoms with Gasteiger partial charge in [0, 0.05) is 26.3 Å². The Morgan fingerprint density at radius 1 is 0.630 bits per heavy atom. The fraction of sp³-hybridized carbons (Fsp3) is 0.588. The minimum absolute atomic E-state index is 0.0927. The average Bonchev–Trinajstić information content (AvgIpc) is 3.02. The normalized spacial score (nSPS) is 14.0. The van der Waals surface area contributed by atoms with Gasteiger partial charge >= 0.3 is 11.9 Å². The van der Waals surface area contributed by atoms with Crippen LogP contribution in [-0.4, -0.2) is 99.5 Å². The molecule has 0 aliphatic rings. The molecule has 0 spiro atoms. The molecule has 0 aliphatic heterocycles. The number of hydrogen-bond donors (Lipinski definition) is 4. The van der Waals surface area contributed by atoms with E-state index < -0.39 is 36.6 Å². The summed E-state index contributed by atoms with van der Waals surface area (Å²) in [5.74, 6) is -0.336. The van der Waals surface area contributed by atoms with Crippen LogP contribution >= 0.6 is 0 Å². The molecule has 0 saturated heterocycles. The van der Waals surface area contributed by atoms with E-state index in [1.165, 1.54) is 0 Å². The zero-order valence-corrected chi connectivity index (χ0v) is 27.9. The van der Waals surface area contributed by atoms with Crippen LogP contribution in [0.15, 0.2) is 48.5 Å². The summed E-state index contributed by atoms with van der Waals surface area (Å²) in [4.78, 5) is 25.5. The fourth-order valence-electron chi connectivity index (χ4n) is 4.24. The Bertz CT molecular complexity index is 1040. The van der Waals surface area contributed by atoms with Crippen molar-refractivity contribution >= 4 is 11.9 Å². The van der Waals surface area contributed by atoms with Crippen LogP contribution in [0.2, 0.25) is 0 Å². The molecule has 4 N–H and O–H groups in total. The standard InChI is InChI=1S/C34H52N2O10/c1-23(2)35-33(39)29(21-43-27-11-7-25(8-12-27)17-19-41-5)45-31(37)15-16-32(38)46-30(34(40)36-24(3)4)22-44-28-13-9-26(10-14-28)18-20-42-6/h7-14,23-24,29-30,33-36,39-40H,15-22H2,1-6H3. The van der Waals surface area contributed by atoms with Crippen molar-refractivity contribution in [2.45, 2.75) is 90.1 Å². The molecule has 2 aromatic rings. The first-order valence-electron chi connectivity index (χ1n) is 15.7.